The van der Waals surface area contributed by atoms with Crippen LogP contribution in [0.15, 0.2) is 46.5 Å². The summed E-state index contributed by atoms with van der Waals surface area (Å²) in [4.78, 5) is 46.3. The highest BCUT2D eigenvalue weighted by atomic mass is 32.2. The van der Waals surface area contributed by atoms with E-state index in [4.69, 9.17) is 4.42 Å². The van der Waals surface area contributed by atoms with Gasteiger partial charge in [0.15, 0.2) is 10.5 Å². The fraction of sp³-hybridized carbons (Fsp3) is 0.286. The number of rotatable bonds is 6. The monoisotopic (exact) mass is 485 g/mol. The summed E-state index contributed by atoms with van der Waals surface area (Å²) in [7, 11) is 0. The molecule has 3 N–H and O–H groups in total. The van der Waals surface area contributed by atoms with Gasteiger partial charge in [-0.05, 0) is 25.0 Å². The number of carboxylic acid groups (broad SMARTS) is 1. The molecule has 12 heteroatoms. The van der Waals surface area contributed by atoms with Crippen molar-refractivity contribution in [2.24, 2.45) is 0 Å². The molecule has 3 aromatic rings. The Hall–Kier alpha value is -3.38. The van der Waals surface area contributed by atoms with Crippen molar-refractivity contribution in [1.82, 2.24) is 20.2 Å². The van der Waals surface area contributed by atoms with Crippen LogP contribution in [0.5, 0.6) is 0 Å². The Bertz CT molecular complexity index is 1180. The SMILES string of the molecule is O=C(NC1CC1)c1ccc(-c2csc(NC(=O)C3CSC(c4ncco4)N3C(=O)O)n2)cc1. The van der Waals surface area contributed by atoms with Gasteiger partial charge >= 0.3 is 6.09 Å². The van der Waals surface area contributed by atoms with Crippen LogP contribution in [0.3, 0.4) is 0 Å². The average Bonchev–Trinajstić information content (AvgIpc) is 3.22. The smallest absolute Gasteiger partial charge is 0.409 e. The molecule has 0 radical (unpaired) electrons. The number of anilines is 1. The van der Waals surface area contributed by atoms with Crippen molar-refractivity contribution in [3.05, 3.63) is 53.6 Å². The van der Waals surface area contributed by atoms with Crippen LogP contribution in [0.2, 0.25) is 0 Å². The van der Waals surface area contributed by atoms with E-state index in [0.29, 0.717) is 22.4 Å². The Morgan fingerprint density at radius 3 is 2.64 bits per heavy atom. The van der Waals surface area contributed by atoms with Crippen LogP contribution >= 0.6 is 23.1 Å². The van der Waals surface area contributed by atoms with E-state index in [1.807, 2.05) is 12.1 Å². The van der Waals surface area contributed by atoms with Crippen molar-refractivity contribution < 1.29 is 23.9 Å². The normalized spacial score (nSPS) is 19.9. The van der Waals surface area contributed by atoms with Gasteiger partial charge in [0.05, 0.1) is 11.9 Å². The summed E-state index contributed by atoms with van der Waals surface area (Å²) in [5, 5.41) is 16.8. The molecule has 1 saturated heterocycles. The summed E-state index contributed by atoms with van der Waals surface area (Å²) >= 11 is 2.52. The van der Waals surface area contributed by atoms with Crippen LogP contribution in [0, 0.1) is 0 Å². The van der Waals surface area contributed by atoms with E-state index in [1.165, 1.54) is 35.6 Å². The topological polar surface area (TPSA) is 138 Å². The van der Waals surface area contributed by atoms with Crippen molar-refractivity contribution in [3.63, 3.8) is 0 Å². The van der Waals surface area contributed by atoms with Crippen molar-refractivity contribution in [2.75, 3.05) is 11.1 Å². The number of thiazole rings is 1. The molecular formula is C21H19N5O5S2. The van der Waals surface area contributed by atoms with Crippen LogP contribution < -0.4 is 10.6 Å². The Kier molecular flexibility index (Phi) is 5.77. The zero-order chi connectivity index (χ0) is 22.9. The van der Waals surface area contributed by atoms with Crippen LogP contribution in [0.25, 0.3) is 11.3 Å². The molecule has 1 aliphatic carbocycles. The van der Waals surface area contributed by atoms with Crippen molar-refractivity contribution >= 4 is 46.1 Å². The predicted molar refractivity (Wildman–Crippen MR) is 122 cm³/mol. The van der Waals surface area contributed by atoms with Gasteiger partial charge in [-0.25, -0.2) is 14.8 Å². The van der Waals surface area contributed by atoms with Gasteiger partial charge in [0.2, 0.25) is 11.8 Å². The number of thioether (sulfide) groups is 1. The van der Waals surface area contributed by atoms with Gasteiger partial charge < -0.3 is 20.2 Å². The Morgan fingerprint density at radius 1 is 1.18 bits per heavy atom. The minimum Gasteiger partial charge on any atom is -0.465 e. The number of amides is 3. The molecule has 33 heavy (non-hydrogen) atoms. The highest BCUT2D eigenvalue weighted by Crippen LogP contribution is 2.41. The lowest BCUT2D eigenvalue weighted by molar-refractivity contribution is -0.120. The van der Waals surface area contributed by atoms with E-state index in [0.717, 1.165) is 23.3 Å². The van der Waals surface area contributed by atoms with E-state index in [1.54, 1.807) is 17.5 Å². The zero-order valence-corrected chi connectivity index (χ0v) is 18.8. The van der Waals surface area contributed by atoms with Gasteiger partial charge in [0.25, 0.3) is 5.91 Å². The Balaban J connectivity index is 1.25. The molecule has 2 aliphatic rings. The van der Waals surface area contributed by atoms with Crippen LogP contribution in [-0.4, -0.2) is 55.7 Å². The molecule has 2 atom stereocenters. The summed E-state index contributed by atoms with van der Waals surface area (Å²) in [6.45, 7) is 0. The number of nitrogens with zero attached hydrogens (tertiary/aromatic N) is 3. The van der Waals surface area contributed by atoms with E-state index < -0.39 is 23.4 Å². The average molecular weight is 486 g/mol. The van der Waals surface area contributed by atoms with E-state index >= 15 is 0 Å². The van der Waals surface area contributed by atoms with E-state index in [9.17, 15) is 19.5 Å². The number of carbonyl (C=O) groups excluding carboxylic acids is 2. The number of oxazole rings is 1. The summed E-state index contributed by atoms with van der Waals surface area (Å²) < 4.78 is 5.24. The summed E-state index contributed by atoms with van der Waals surface area (Å²) in [6, 6.07) is 6.50. The largest absolute Gasteiger partial charge is 0.465 e. The first kappa shape index (κ1) is 21.5. The lowest BCUT2D eigenvalue weighted by Gasteiger charge is -2.23. The highest BCUT2D eigenvalue weighted by Gasteiger charge is 2.44. The molecule has 1 aliphatic heterocycles. The number of carbonyl (C=O) groups is 3. The van der Waals surface area contributed by atoms with E-state index in [2.05, 4.69) is 20.6 Å². The number of benzene rings is 1. The fourth-order valence-corrected chi connectivity index (χ4v) is 5.49. The maximum atomic E-state index is 12.8. The maximum absolute atomic E-state index is 12.8. The second kappa shape index (κ2) is 8.87. The molecule has 1 aromatic carbocycles. The molecular weight excluding hydrogens is 466 g/mol. The molecule has 10 nitrogen and oxygen atoms in total. The Morgan fingerprint density at radius 2 is 1.97 bits per heavy atom. The molecule has 0 spiro atoms. The summed E-state index contributed by atoms with van der Waals surface area (Å²) in [6.07, 6.45) is 3.63. The van der Waals surface area contributed by atoms with Crippen LogP contribution in [0.4, 0.5) is 9.93 Å². The third-order valence-corrected chi connectivity index (χ3v) is 7.29. The first-order chi connectivity index (χ1) is 16.0. The maximum Gasteiger partial charge on any atom is 0.409 e. The second-order valence-corrected chi connectivity index (χ2v) is 9.59. The van der Waals surface area contributed by atoms with Crippen LogP contribution in [-0.2, 0) is 4.79 Å². The first-order valence-electron chi connectivity index (χ1n) is 10.2. The fourth-order valence-electron chi connectivity index (χ4n) is 3.43. The Labute approximate surface area is 196 Å². The second-order valence-electron chi connectivity index (χ2n) is 7.61. The van der Waals surface area contributed by atoms with Gasteiger partial charge in [-0.15, -0.1) is 23.1 Å². The molecule has 170 valence electrons. The van der Waals surface area contributed by atoms with Crippen molar-refractivity contribution in [3.8, 4) is 11.3 Å². The molecule has 2 aromatic heterocycles. The molecule has 2 fully saturated rings. The lowest BCUT2D eigenvalue weighted by atomic mass is 10.1. The van der Waals surface area contributed by atoms with E-state index in [-0.39, 0.29) is 17.6 Å². The first-order valence-corrected chi connectivity index (χ1v) is 12.1. The number of aromatic nitrogens is 2. The standard InChI is InChI=1S/C21H19N5O5S2/c27-16(23-13-5-6-13)12-3-1-11(2-4-12)14-9-33-20(24-14)25-17(28)15-10-32-19(26(15)21(29)30)18-22-7-8-31-18/h1-4,7-9,13,15,19H,5-6,10H2,(H,23,27)(H,29,30)(H,24,25,28). The van der Waals surface area contributed by atoms with Gasteiger partial charge in [-0.2, -0.15) is 0 Å². The number of hydrogen-bond donors (Lipinski definition) is 3. The summed E-state index contributed by atoms with van der Waals surface area (Å²) in [5.41, 5.74) is 2.04. The summed E-state index contributed by atoms with van der Waals surface area (Å²) in [5.74, 6) is -0.0421. The minimum absolute atomic E-state index is 0.0873. The molecule has 3 heterocycles. The number of hydrogen-bond acceptors (Lipinski definition) is 8. The minimum atomic E-state index is -1.23. The lowest BCUT2D eigenvalue weighted by Crippen LogP contribution is -2.44. The van der Waals surface area contributed by atoms with Gasteiger partial charge in [-0.3, -0.25) is 14.5 Å². The third-order valence-electron chi connectivity index (χ3n) is 5.28. The third kappa shape index (κ3) is 4.57. The van der Waals surface area contributed by atoms with Gasteiger partial charge in [0.1, 0.15) is 12.3 Å². The predicted octanol–water partition coefficient (Wildman–Crippen LogP) is 3.42. The van der Waals surface area contributed by atoms with Crippen molar-refractivity contribution in [1.29, 1.82) is 0 Å². The zero-order valence-electron chi connectivity index (χ0n) is 17.1. The molecule has 2 unspecified atom stereocenters. The quantitative estimate of drug-likeness (QED) is 0.483. The van der Waals surface area contributed by atoms with Crippen molar-refractivity contribution in [2.45, 2.75) is 30.3 Å². The van der Waals surface area contributed by atoms with Crippen LogP contribution in [0.1, 0.15) is 34.5 Å². The molecule has 1 saturated carbocycles. The number of nitrogens with one attached hydrogen (secondary N) is 2. The molecule has 0 bridgehead atoms. The highest BCUT2D eigenvalue weighted by molar-refractivity contribution is 7.99. The molecule has 5 rings (SSSR count). The van der Waals surface area contributed by atoms with Gasteiger partial charge in [-0.1, -0.05) is 12.1 Å². The van der Waals surface area contributed by atoms with Gasteiger partial charge in [0, 0.05) is 28.3 Å². The molecule has 3 amide bonds.